The van der Waals surface area contributed by atoms with E-state index >= 15 is 0 Å². The minimum absolute atomic E-state index is 0.738. The first-order valence-corrected chi connectivity index (χ1v) is 22.4. The molecule has 0 radical (unpaired) electrons. The maximum absolute atomic E-state index is 6.82. The van der Waals surface area contributed by atoms with Gasteiger partial charge in [0.25, 0.3) is 0 Å². The van der Waals surface area contributed by atoms with Crippen molar-refractivity contribution in [3.63, 3.8) is 0 Å². The summed E-state index contributed by atoms with van der Waals surface area (Å²) in [7, 11) is 0. The maximum atomic E-state index is 6.82. The lowest BCUT2D eigenvalue weighted by Crippen LogP contribution is -1.95. The molecule has 0 amide bonds. The molecule has 5 heterocycles. The van der Waals surface area contributed by atoms with Crippen LogP contribution in [-0.4, -0.2) is 9.13 Å². The Labute approximate surface area is 377 Å². The van der Waals surface area contributed by atoms with Gasteiger partial charge >= 0.3 is 0 Å². The molecule has 66 heavy (non-hydrogen) atoms. The second-order valence-corrected chi connectivity index (χ2v) is 17.2. The lowest BCUT2D eigenvalue weighted by atomic mass is 9.98. The van der Waals surface area contributed by atoms with Gasteiger partial charge in [0.15, 0.2) is 5.58 Å². The third-order valence-electron chi connectivity index (χ3n) is 13.6. The molecule has 310 valence electrons. The fraction of sp³-hybridized carbons (Fsp3) is 0.0164. The first-order valence-electron chi connectivity index (χ1n) is 22.4. The van der Waals surface area contributed by atoms with Crippen LogP contribution in [0.15, 0.2) is 208 Å². The Morgan fingerprint density at radius 3 is 1.56 bits per heavy atom. The van der Waals surface area contributed by atoms with Gasteiger partial charge in [0.1, 0.15) is 28.1 Å². The molecule has 0 spiro atoms. The average Bonchev–Trinajstić information content (AvgIpc) is 4.18. The average molecular weight is 847 g/mol. The van der Waals surface area contributed by atoms with Gasteiger partial charge in [0.05, 0.1) is 27.8 Å². The SMILES string of the molecule is C=Cc1oc2cc(-n3c4ccccc4c4cc(-c5ccc6oc7ccc(-c8ccc9c(c8)c8ccccc8n9-c8ccccc8)cc7c6c5)ccc43)c3oc4ccccc4c3c2c1/C=C\C. The first-order chi connectivity index (χ1) is 32.6. The summed E-state index contributed by atoms with van der Waals surface area (Å²) in [4.78, 5) is 0. The maximum Gasteiger partial charge on any atom is 0.160 e. The van der Waals surface area contributed by atoms with Crippen molar-refractivity contribution in [1.29, 1.82) is 0 Å². The van der Waals surface area contributed by atoms with Crippen molar-refractivity contribution >= 4 is 111 Å². The van der Waals surface area contributed by atoms with E-state index in [1.807, 2.05) is 25.1 Å². The third kappa shape index (κ3) is 5.16. The van der Waals surface area contributed by atoms with Gasteiger partial charge in [-0.05, 0) is 114 Å². The minimum Gasteiger partial charge on any atom is -0.456 e. The van der Waals surface area contributed by atoms with Crippen LogP contribution in [0.2, 0.25) is 0 Å². The highest BCUT2D eigenvalue weighted by atomic mass is 16.3. The molecule has 0 unspecified atom stereocenters. The molecule has 0 bridgehead atoms. The number of hydrogen-bond acceptors (Lipinski definition) is 3. The third-order valence-corrected chi connectivity index (χ3v) is 13.6. The monoisotopic (exact) mass is 846 g/mol. The van der Waals surface area contributed by atoms with Crippen LogP contribution in [-0.2, 0) is 0 Å². The standard InChI is InChI=1S/C61H38N2O3/c1-3-14-43-54(4-2)64-58-35-53(61-60(59(43)58)44-19-10-13-22-55(44)66-61)63-50-21-12-9-18-42(50)46-32-37(24-28-52(46)63)39-26-30-57-48(34-39)47-33-38(25-29-56(47)65-57)36-23-27-51-45(31-36)41-17-8-11-20-49(41)62(51)40-15-6-5-7-16-40/h3-35H,2H2,1H3/b14-3-. The lowest BCUT2D eigenvalue weighted by Gasteiger charge is -2.10. The number of allylic oxidation sites excluding steroid dienone is 1. The van der Waals surface area contributed by atoms with Gasteiger partial charge in [-0.2, -0.15) is 0 Å². The summed E-state index contributed by atoms with van der Waals surface area (Å²) < 4.78 is 24.6. The lowest BCUT2D eigenvalue weighted by molar-refractivity contribution is 0.603. The van der Waals surface area contributed by atoms with Crippen molar-refractivity contribution in [3.05, 3.63) is 206 Å². The number of para-hydroxylation sites is 4. The Bertz CT molecular complexity index is 4370. The summed E-state index contributed by atoms with van der Waals surface area (Å²) in [5.74, 6) is 0.738. The van der Waals surface area contributed by atoms with Crippen LogP contribution < -0.4 is 0 Å². The molecular formula is C61H38N2O3. The summed E-state index contributed by atoms with van der Waals surface area (Å²) in [5.41, 5.74) is 16.4. The van der Waals surface area contributed by atoms with Gasteiger partial charge in [-0.25, -0.2) is 0 Å². The van der Waals surface area contributed by atoms with E-state index in [2.05, 4.69) is 192 Å². The summed E-state index contributed by atoms with van der Waals surface area (Å²) in [5, 5.41) is 10.1. The predicted octanol–water partition coefficient (Wildman–Crippen LogP) is 17.4. The fourth-order valence-corrected chi connectivity index (χ4v) is 10.7. The molecule has 9 aromatic carbocycles. The van der Waals surface area contributed by atoms with E-state index in [0.717, 1.165) is 116 Å². The van der Waals surface area contributed by atoms with Crippen molar-refractivity contribution < 1.29 is 13.3 Å². The van der Waals surface area contributed by atoms with Gasteiger partial charge in [-0.1, -0.05) is 116 Å². The van der Waals surface area contributed by atoms with E-state index in [1.54, 1.807) is 6.08 Å². The predicted molar refractivity (Wildman–Crippen MR) is 275 cm³/mol. The molecule has 5 heteroatoms. The zero-order valence-electron chi connectivity index (χ0n) is 35.9. The van der Waals surface area contributed by atoms with E-state index in [9.17, 15) is 0 Å². The van der Waals surface area contributed by atoms with E-state index in [-0.39, 0.29) is 0 Å². The smallest absolute Gasteiger partial charge is 0.160 e. The Morgan fingerprint density at radius 1 is 0.409 bits per heavy atom. The molecule has 14 rings (SSSR count). The van der Waals surface area contributed by atoms with Crippen molar-refractivity contribution in [2.75, 3.05) is 0 Å². The number of benzene rings is 9. The second kappa shape index (κ2) is 13.8. The number of furan rings is 3. The van der Waals surface area contributed by atoms with Gasteiger partial charge in [0.2, 0.25) is 0 Å². The van der Waals surface area contributed by atoms with Crippen LogP contribution in [0.5, 0.6) is 0 Å². The van der Waals surface area contributed by atoms with Crippen LogP contribution in [0.3, 0.4) is 0 Å². The zero-order chi connectivity index (χ0) is 43.6. The van der Waals surface area contributed by atoms with Crippen molar-refractivity contribution in [1.82, 2.24) is 9.13 Å². The molecule has 0 aliphatic carbocycles. The van der Waals surface area contributed by atoms with Crippen molar-refractivity contribution in [2.45, 2.75) is 6.92 Å². The quantitative estimate of drug-likeness (QED) is 0.167. The fourth-order valence-electron chi connectivity index (χ4n) is 10.7. The molecular weight excluding hydrogens is 809 g/mol. The Balaban J connectivity index is 0.919. The number of aromatic nitrogens is 2. The van der Waals surface area contributed by atoms with E-state index in [0.29, 0.717) is 0 Å². The summed E-state index contributed by atoms with van der Waals surface area (Å²) in [6, 6.07) is 65.1. The van der Waals surface area contributed by atoms with Gasteiger partial charge < -0.3 is 22.4 Å². The highest BCUT2D eigenvalue weighted by Gasteiger charge is 2.24. The molecule has 0 saturated heterocycles. The van der Waals surface area contributed by atoms with Gasteiger partial charge in [-0.15, -0.1) is 0 Å². The molecule has 0 aliphatic rings. The topological polar surface area (TPSA) is 49.3 Å². The van der Waals surface area contributed by atoms with Crippen LogP contribution >= 0.6 is 0 Å². The number of hydrogen-bond donors (Lipinski definition) is 0. The number of rotatable bonds is 6. The van der Waals surface area contributed by atoms with E-state index in [1.165, 1.54) is 27.4 Å². The summed E-state index contributed by atoms with van der Waals surface area (Å²) in [6.07, 6.45) is 5.93. The van der Waals surface area contributed by atoms with Gasteiger partial charge in [-0.3, -0.25) is 0 Å². The normalized spacial score (nSPS) is 12.3. The molecule has 0 fully saturated rings. The number of nitrogens with zero attached hydrogens (tertiary/aromatic N) is 2. The molecule has 14 aromatic rings. The molecule has 0 aliphatic heterocycles. The molecule has 5 aromatic heterocycles. The Hall–Kier alpha value is -8.80. The Morgan fingerprint density at radius 2 is 0.924 bits per heavy atom. The summed E-state index contributed by atoms with van der Waals surface area (Å²) in [6.45, 7) is 6.12. The first kappa shape index (κ1) is 36.7. The van der Waals surface area contributed by atoms with Crippen molar-refractivity contribution in [3.8, 4) is 33.6 Å². The summed E-state index contributed by atoms with van der Waals surface area (Å²) >= 11 is 0. The minimum atomic E-state index is 0.738. The molecule has 0 N–H and O–H groups in total. The molecule has 0 saturated carbocycles. The van der Waals surface area contributed by atoms with Crippen LogP contribution in [0, 0.1) is 0 Å². The molecule has 0 atom stereocenters. The van der Waals surface area contributed by atoms with E-state index in [4.69, 9.17) is 13.3 Å². The zero-order valence-corrected chi connectivity index (χ0v) is 35.9. The van der Waals surface area contributed by atoms with Crippen LogP contribution in [0.25, 0.3) is 144 Å². The van der Waals surface area contributed by atoms with E-state index < -0.39 is 0 Å². The van der Waals surface area contributed by atoms with Crippen LogP contribution in [0.4, 0.5) is 0 Å². The Kier molecular flexibility index (Phi) is 7.69. The van der Waals surface area contributed by atoms with Crippen LogP contribution in [0.1, 0.15) is 18.2 Å². The van der Waals surface area contributed by atoms with Crippen molar-refractivity contribution in [2.24, 2.45) is 0 Å². The highest BCUT2D eigenvalue weighted by molar-refractivity contribution is 6.24. The highest BCUT2D eigenvalue weighted by Crippen LogP contribution is 2.46. The number of fused-ring (bicyclic) bond motifs is 14. The van der Waals surface area contributed by atoms with Gasteiger partial charge in [0, 0.05) is 65.8 Å². The molecule has 5 nitrogen and oxygen atoms in total. The second-order valence-electron chi connectivity index (χ2n) is 17.2. The largest absolute Gasteiger partial charge is 0.456 e.